The third-order valence-electron chi connectivity index (χ3n) is 7.48. The Morgan fingerprint density at radius 3 is 2.47 bits per heavy atom. The molecule has 2 heterocycles. The molecule has 0 amide bonds. The first-order valence-corrected chi connectivity index (χ1v) is 12.9. The molecule has 6 rings (SSSR count). The number of carbonyl (C=O) groups is 1. The highest BCUT2D eigenvalue weighted by molar-refractivity contribution is 5.91. The van der Waals surface area contributed by atoms with E-state index in [2.05, 4.69) is 76.3 Å². The highest BCUT2D eigenvalue weighted by Gasteiger charge is 2.25. The van der Waals surface area contributed by atoms with Gasteiger partial charge in [0.2, 0.25) is 0 Å². The molecule has 0 spiro atoms. The summed E-state index contributed by atoms with van der Waals surface area (Å²) in [5, 5.41) is 1.21. The molecule has 2 aliphatic rings. The van der Waals surface area contributed by atoms with Crippen LogP contribution >= 0.6 is 0 Å². The van der Waals surface area contributed by atoms with Crippen molar-refractivity contribution in [2.24, 2.45) is 0 Å². The molecule has 0 unspecified atom stereocenters. The van der Waals surface area contributed by atoms with Gasteiger partial charge in [-0.25, -0.2) is 4.79 Å². The van der Waals surface area contributed by atoms with Gasteiger partial charge in [0.15, 0.2) is 0 Å². The van der Waals surface area contributed by atoms with Gasteiger partial charge in [-0.1, -0.05) is 30.3 Å². The molecule has 184 valence electrons. The van der Waals surface area contributed by atoms with Crippen LogP contribution in [-0.2, 0) is 22.4 Å². The maximum Gasteiger partial charge on any atom is 0.338 e. The van der Waals surface area contributed by atoms with E-state index >= 15 is 0 Å². The minimum atomic E-state index is -0.251. The fourth-order valence-electron chi connectivity index (χ4n) is 5.27. The summed E-state index contributed by atoms with van der Waals surface area (Å²) >= 11 is 0. The lowest BCUT2D eigenvalue weighted by Gasteiger charge is -2.28. The highest BCUT2D eigenvalue weighted by atomic mass is 16.5. The molecule has 4 aromatic rings. The van der Waals surface area contributed by atoms with E-state index in [4.69, 9.17) is 9.47 Å². The van der Waals surface area contributed by atoms with Gasteiger partial charge in [0.1, 0.15) is 0 Å². The van der Waals surface area contributed by atoms with Gasteiger partial charge in [0, 0.05) is 37.0 Å². The predicted molar refractivity (Wildman–Crippen MR) is 143 cm³/mol. The molecule has 0 N–H and O–H groups in total. The van der Waals surface area contributed by atoms with Gasteiger partial charge in [0.05, 0.1) is 25.9 Å². The highest BCUT2D eigenvalue weighted by Crippen LogP contribution is 2.40. The van der Waals surface area contributed by atoms with Crippen molar-refractivity contribution in [2.45, 2.75) is 31.7 Å². The maximum atomic E-state index is 12.5. The molecule has 1 saturated carbocycles. The van der Waals surface area contributed by atoms with Gasteiger partial charge in [-0.15, -0.1) is 0 Å². The molecule has 0 bridgehead atoms. The molecule has 1 aliphatic heterocycles. The second-order valence-electron chi connectivity index (χ2n) is 9.96. The monoisotopic (exact) mass is 480 g/mol. The number of fused-ring (bicyclic) bond motifs is 1. The third-order valence-corrected chi connectivity index (χ3v) is 7.48. The smallest absolute Gasteiger partial charge is 0.338 e. The number of aromatic nitrogens is 1. The Morgan fingerprint density at radius 2 is 1.72 bits per heavy atom. The van der Waals surface area contributed by atoms with E-state index in [1.54, 1.807) is 0 Å². The lowest BCUT2D eigenvalue weighted by molar-refractivity contribution is 0.0599. The van der Waals surface area contributed by atoms with Crippen LogP contribution in [0.15, 0.2) is 72.9 Å². The summed E-state index contributed by atoms with van der Waals surface area (Å²) in [7, 11) is 1.46. The number of benzene rings is 3. The lowest BCUT2D eigenvalue weighted by atomic mass is 9.96. The van der Waals surface area contributed by atoms with Gasteiger partial charge in [-0.3, -0.25) is 0 Å². The second kappa shape index (κ2) is 9.82. The van der Waals surface area contributed by atoms with Crippen LogP contribution in [0, 0.1) is 0 Å². The van der Waals surface area contributed by atoms with Gasteiger partial charge in [-0.05, 0) is 89.2 Å². The predicted octanol–water partition coefficient (Wildman–Crippen LogP) is 5.78. The SMILES string of the molecule is COC(=O)c1cc(C2CC2)ccc1Cc1ccc2c(ccn2Cc2ccc(N3CCOCC3)cc2)c1. The fourth-order valence-corrected chi connectivity index (χ4v) is 5.27. The minimum absolute atomic E-state index is 0.251. The summed E-state index contributed by atoms with van der Waals surface area (Å²) in [5.41, 5.74) is 7.93. The van der Waals surface area contributed by atoms with E-state index in [0.29, 0.717) is 17.9 Å². The van der Waals surface area contributed by atoms with E-state index < -0.39 is 0 Å². The van der Waals surface area contributed by atoms with Crippen molar-refractivity contribution in [3.8, 4) is 0 Å². The van der Waals surface area contributed by atoms with Crippen LogP contribution in [0.2, 0.25) is 0 Å². The van der Waals surface area contributed by atoms with Crippen LogP contribution in [0.1, 0.15) is 51.4 Å². The molecule has 36 heavy (non-hydrogen) atoms. The van der Waals surface area contributed by atoms with Gasteiger partial charge >= 0.3 is 5.97 Å². The molecular formula is C31H32N2O3. The van der Waals surface area contributed by atoms with Crippen molar-refractivity contribution in [1.29, 1.82) is 0 Å². The summed E-state index contributed by atoms with van der Waals surface area (Å²) in [5.74, 6) is 0.355. The standard InChI is InChI=1S/C31H32N2O3/c1-35-31(34)29-20-25(24-5-6-24)7-8-26(29)18-23-4-11-30-27(19-23)12-13-33(30)21-22-2-9-28(10-3-22)32-14-16-36-17-15-32/h2-4,7-13,19-20,24H,5-6,14-18,21H2,1H3. The number of esters is 1. The average molecular weight is 481 g/mol. The first kappa shape index (κ1) is 22.9. The number of methoxy groups -OCH3 is 1. The zero-order valence-electron chi connectivity index (χ0n) is 20.8. The van der Waals surface area contributed by atoms with Crippen molar-refractivity contribution in [3.05, 3.63) is 101 Å². The fraction of sp³-hybridized carbons (Fsp3) is 0.323. The van der Waals surface area contributed by atoms with Crippen molar-refractivity contribution in [3.63, 3.8) is 0 Å². The number of morpholine rings is 1. The Bertz CT molecular complexity index is 1380. The lowest BCUT2D eigenvalue weighted by Crippen LogP contribution is -2.36. The zero-order chi connectivity index (χ0) is 24.5. The van der Waals surface area contributed by atoms with E-state index in [1.807, 2.05) is 6.07 Å². The van der Waals surface area contributed by atoms with Crippen LogP contribution in [0.5, 0.6) is 0 Å². The Morgan fingerprint density at radius 1 is 0.944 bits per heavy atom. The van der Waals surface area contributed by atoms with Crippen LogP contribution in [-0.4, -0.2) is 43.9 Å². The number of hydrogen-bond acceptors (Lipinski definition) is 4. The summed E-state index contributed by atoms with van der Waals surface area (Å²) in [6.07, 6.45) is 5.30. The summed E-state index contributed by atoms with van der Waals surface area (Å²) < 4.78 is 12.9. The number of anilines is 1. The van der Waals surface area contributed by atoms with Crippen LogP contribution in [0.25, 0.3) is 10.9 Å². The summed E-state index contributed by atoms with van der Waals surface area (Å²) in [6.45, 7) is 4.34. The number of carbonyl (C=O) groups excluding carboxylic acids is 1. The largest absolute Gasteiger partial charge is 0.465 e. The molecular weight excluding hydrogens is 448 g/mol. The Labute approximate surface area is 212 Å². The summed E-state index contributed by atoms with van der Waals surface area (Å²) in [4.78, 5) is 14.9. The minimum Gasteiger partial charge on any atom is -0.465 e. The molecule has 2 fully saturated rings. The normalized spacial score (nSPS) is 15.9. The van der Waals surface area contributed by atoms with E-state index in [-0.39, 0.29) is 5.97 Å². The molecule has 0 radical (unpaired) electrons. The van der Waals surface area contributed by atoms with E-state index in [0.717, 1.165) is 38.4 Å². The van der Waals surface area contributed by atoms with Gasteiger partial charge in [-0.2, -0.15) is 0 Å². The Balaban J connectivity index is 1.19. The van der Waals surface area contributed by atoms with Crippen molar-refractivity contribution >= 4 is 22.6 Å². The van der Waals surface area contributed by atoms with Crippen LogP contribution in [0.3, 0.4) is 0 Å². The molecule has 1 aromatic heterocycles. The molecule has 3 aromatic carbocycles. The van der Waals surface area contributed by atoms with Gasteiger partial charge in [0.25, 0.3) is 0 Å². The zero-order valence-corrected chi connectivity index (χ0v) is 20.8. The Kier molecular flexibility index (Phi) is 6.24. The first-order chi connectivity index (χ1) is 17.7. The number of hydrogen-bond donors (Lipinski definition) is 0. The molecule has 5 nitrogen and oxygen atoms in total. The molecule has 1 saturated heterocycles. The van der Waals surface area contributed by atoms with Gasteiger partial charge < -0.3 is 18.9 Å². The number of nitrogens with zero attached hydrogens (tertiary/aromatic N) is 2. The van der Waals surface area contributed by atoms with Crippen molar-refractivity contribution in [1.82, 2.24) is 4.57 Å². The van der Waals surface area contributed by atoms with Crippen molar-refractivity contribution < 1.29 is 14.3 Å². The number of rotatable bonds is 7. The molecule has 1 aliphatic carbocycles. The van der Waals surface area contributed by atoms with Crippen LogP contribution < -0.4 is 4.90 Å². The maximum absolute atomic E-state index is 12.5. The topological polar surface area (TPSA) is 43.7 Å². The first-order valence-electron chi connectivity index (χ1n) is 12.9. The number of ether oxygens (including phenoxy) is 2. The van der Waals surface area contributed by atoms with Crippen molar-refractivity contribution in [2.75, 3.05) is 38.3 Å². The van der Waals surface area contributed by atoms with Crippen LogP contribution in [0.4, 0.5) is 5.69 Å². The quantitative estimate of drug-likeness (QED) is 0.315. The molecule has 0 atom stereocenters. The third kappa shape index (κ3) is 4.76. The summed E-state index contributed by atoms with van der Waals surface area (Å²) in [6, 6.07) is 24.0. The second-order valence-corrected chi connectivity index (χ2v) is 9.96. The molecule has 5 heteroatoms. The average Bonchev–Trinajstić information content (AvgIpc) is 3.71. The van der Waals surface area contributed by atoms with E-state index in [9.17, 15) is 4.79 Å². The Hall–Kier alpha value is -3.57. The van der Waals surface area contributed by atoms with E-state index in [1.165, 1.54) is 53.2 Å².